The molecule has 0 heterocycles. The van der Waals surface area contributed by atoms with Gasteiger partial charge in [-0.15, -0.1) is 6.58 Å². The SMILES string of the molecule is C=CCCC1(C(O)CC=C[C@H]2[C@H](O)CC(=O)[C@@H]2CC=CCCCC(=O)O)CCC1. The fraction of sp³-hybridized carbons (Fsp3) is 0.667. The van der Waals surface area contributed by atoms with Crippen LogP contribution in [0.2, 0.25) is 0 Å². The molecule has 2 rings (SSSR count). The molecule has 0 aromatic rings. The molecule has 29 heavy (non-hydrogen) atoms. The van der Waals surface area contributed by atoms with Crippen LogP contribution in [0.4, 0.5) is 0 Å². The standard InChI is InChI=1S/C24H36O5/c1-2-3-14-24(15-9-16-24)22(27)12-8-11-19-18(20(25)17-21(19)26)10-6-4-5-7-13-23(28)29/h2,4,6,8,11,18-19,21-22,26-27H,1,3,5,7,9-10,12-17H2,(H,28,29)/t18-,19-,21-,22?/m1/s1. The molecular formula is C24H36O5. The average Bonchev–Trinajstić information content (AvgIpc) is 2.90. The van der Waals surface area contributed by atoms with E-state index >= 15 is 0 Å². The molecule has 0 radical (unpaired) electrons. The molecule has 5 nitrogen and oxygen atoms in total. The summed E-state index contributed by atoms with van der Waals surface area (Å²) in [7, 11) is 0. The number of aliphatic hydroxyl groups excluding tert-OH is 2. The van der Waals surface area contributed by atoms with Crippen LogP contribution in [0.25, 0.3) is 0 Å². The third kappa shape index (κ3) is 6.65. The maximum Gasteiger partial charge on any atom is 0.303 e. The minimum absolute atomic E-state index is 0.000727. The minimum Gasteiger partial charge on any atom is -0.481 e. The number of rotatable bonds is 13. The number of unbranched alkanes of at least 4 members (excludes halogenated alkanes) is 1. The van der Waals surface area contributed by atoms with Crippen molar-refractivity contribution in [1.29, 1.82) is 0 Å². The lowest BCUT2D eigenvalue weighted by atomic mass is 9.62. The normalized spacial score (nSPS) is 27.4. The number of carboxylic acids is 1. The van der Waals surface area contributed by atoms with Gasteiger partial charge in [-0.3, -0.25) is 9.59 Å². The van der Waals surface area contributed by atoms with Crippen molar-refractivity contribution in [2.24, 2.45) is 17.3 Å². The van der Waals surface area contributed by atoms with Gasteiger partial charge in [-0.1, -0.05) is 36.8 Å². The molecule has 0 saturated heterocycles. The number of aliphatic hydroxyl groups is 2. The van der Waals surface area contributed by atoms with E-state index in [1.54, 1.807) is 0 Å². The van der Waals surface area contributed by atoms with E-state index in [9.17, 15) is 19.8 Å². The van der Waals surface area contributed by atoms with Gasteiger partial charge in [0.15, 0.2) is 0 Å². The molecule has 0 aliphatic heterocycles. The van der Waals surface area contributed by atoms with E-state index in [0.717, 1.165) is 32.1 Å². The zero-order valence-corrected chi connectivity index (χ0v) is 17.3. The first-order valence-electron chi connectivity index (χ1n) is 10.9. The highest BCUT2D eigenvalue weighted by atomic mass is 16.4. The van der Waals surface area contributed by atoms with E-state index in [1.807, 2.05) is 30.4 Å². The molecule has 5 heteroatoms. The minimum atomic E-state index is -0.798. The van der Waals surface area contributed by atoms with Crippen molar-refractivity contribution in [3.05, 3.63) is 37.0 Å². The summed E-state index contributed by atoms with van der Waals surface area (Å²) in [6.45, 7) is 3.78. The van der Waals surface area contributed by atoms with E-state index in [2.05, 4.69) is 6.58 Å². The molecular weight excluding hydrogens is 368 g/mol. The Labute approximate surface area is 174 Å². The quantitative estimate of drug-likeness (QED) is 0.316. The lowest BCUT2D eigenvalue weighted by molar-refractivity contribution is -0.137. The van der Waals surface area contributed by atoms with Crippen LogP contribution in [0.5, 0.6) is 0 Å². The van der Waals surface area contributed by atoms with Crippen LogP contribution >= 0.6 is 0 Å². The Balaban J connectivity index is 1.86. The van der Waals surface area contributed by atoms with Gasteiger partial charge in [0.2, 0.25) is 0 Å². The molecule has 1 unspecified atom stereocenters. The summed E-state index contributed by atoms with van der Waals surface area (Å²) >= 11 is 0. The number of carbonyl (C=O) groups is 2. The van der Waals surface area contributed by atoms with Crippen molar-refractivity contribution in [3.8, 4) is 0 Å². The molecule has 2 saturated carbocycles. The summed E-state index contributed by atoms with van der Waals surface area (Å²) < 4.78 is 0. The molecule has 3 N–H and O–H groups in total. The third-order valence-electron chi connectivity index (χ3n) is 6.67. The molecule has 2 aliphatic rings. The highest BCUT2D eigenvalue weighted by Crippen LogP contribution is 2.48. The van der Waals surface area contributed by atoms with Gasteiger partial charge in [0.05, 0.1) is 12.2 Å². The van der Waals surface area contributed by atoms with Crippen molar-refractivity contribution in [1.82, 2.24) is 0 Å². The number of carboxylic acid groups (broad SMARTS) is 1. The summed E-state index contributed by atoms with van der Waals surface area (Å²) in [6.07, 6.45) is 16.4. The van der Waals surface area contributed by atoms with Gasteiger partial charge in [-0.25, -0.2) is 0 Å². The van der Waals surface area contributed by atoms with Gasteiger partial charge in [0.25, 0.3) is 0 Å². The van der Waals surface area contributed by atoms with Crippen LogP contribution in [0, 0.1) is 17.3 Å². The summed E-state index contributed by atoms with van der Waals surface area (Å²) in [5.41, 5.74) is 0.000727. The number of hydrogen-bond acceptors (Lipinski definition) is 4. The monoisotopic (exact) mass is 404 g/mol. The third-order valence-corrected chi connectivity index (χ3v) is 6.67. The highest BCUT2D eigenvalue weighted by Gasteiger charge is 2.42. The number of allylic oxidation sites excluding steroid dienone is 3. The van der Waals surface area contributed by atoms with Crippen LogP contribution in [0.15, 0.2) is 37.0 Å². The van der Waals surface area contributed by atoms with Crippen LogP contribution in [0.3, 0.4) is 0 Å². The Bertz CT molecular complexity index is 617. The predicted molar refractivity (Wildman–Crippen MR) is 113 cm³/mol. The Morgan fingerprint density at radius 3 is 2.62 bits per heavy atom. The van der Waals surface area contributed by atoms with Crippen molar-refractivity contribution < 1.29 is 24.9 Å². The van der Waals surface area contributed by atoms with Crippen LogP contribution in [-0.2, 0) is 9.59 Å². The second-order valence-electron chi connectivity index (χ2n) is 8.64. The van der Waals surface area contributed by atoms with Crippen LogP contribution < -0.4 is 0 Å². The number of aliphatic carboxylic acids is 1. The Morgan fingerprint density at radius 2 is 2.00 bits per heavy atom. The molecule has 0 aromatic heterocycles. The summed E-state index contributed by atoms with van der Waals surface area (Å²) in [4.78, 5) is 22.8. The Hall–Kier alpha value is -1.72. The zero-order chi connectivity index (χ0) is 21.3. The molecule has 2 fully saturated rings. The molecule has 0 bridgehead atoms. The Kier molecular flexibility index (Phi) is 9.31. The maximum atomic E-state index is 12.3. The number of ketones is 1. The number of carbonyl (C=O) groups excluding carboxylic acids is 1. The Morgan fingerprint density at radius 1 is 1.24 bits per heavy atom. The second-order valence-corrected chi connectivity index (χ2v) is 8.64. The van der Waals surface area contributed by atoms with Crippen molar-refractivity contribution in [2.45, 2.75) is 82.8 Å². The fourth-order valence-electron chi connectivity index (χ4n) is 4.64. The molecule has 0 spiro atoms. The molecule has 2 aliphatic carbocycles. The highest BCUT2D eigenvalue weighted by molar-refractivity contribution is 5.84. The molecule has 162 valence electrons. The first-order chi connectivity index (χ1) is 13.9. The maximum absolute atomic E-state index is 12.3. The summed E-state index contributed by atoms with van der Waals surface area (Å²) in [5, 5.41) is 29.6. The predicted octanol–water partition coefficient (Wildman–Crippen LogP) is 4.20. The van der Waals surface area contributed by atoms with E-state index < -0.39 is 18.2 Å². The summed E-state index contributed by atoms with van der Waals surface area (Å²) in [6, 6.07) is 0. The van der Waals surface area contributed by atoms with Gasteiger partial charge >= 0.3 is 5.97 Å². The van der Waals surface area contributed by atoms with Crippen LogP contribution in [0.1, 0.15) is 70.6 Å². The van der Waals surface area contributed by atoms with Gasteiger partial charge in [0.1, 0.15) is 5.78 Å². The first kappa shape index (κ1) is 23.6. The lowest BCUT2D eigenvalue weighted by Gasteiger charge is -2.45. The smallest absolute Gasteiger partial charge is 0.303 e. The first-order valence-corrected chi connectivity index (χ1v) is 10.9. The summed E-state index contributed by atoms with van der Waals surface area (Å²) in [5.74, 6) is -1.19. The van der Waals surface area contributed by atoms with E-state index in [4.69, 9.17) is 5.11 Å². The van der Waals surface area contributed by atoms with Gasteiger partial charge in [0, 0.05) is 24.7 Å². The van der Waals surface area contributed by atoms with Gasteiger partial charge in [-0.2, -0.15) is 0 Å². The van der Waals surface area contributed by atoms with E-state index in [0.29, 0.717) is 25.7 Å². The van der Waals surface area contributed by atoms with Crippen molar-refractivity contribution in [3.63, 3.8) is 0 Å². The number of hydrogen-bond donors (Lipinski definition) is 3. The topological polar surface area (TPSA) is 94.8 Å². The van der Waals surface area contributed by atoms with E-state index in [-0.39, 0.29) is 35.9 Å². The van der Waals surface area contributed by atoms with E-state index in [1.165, 1.54) is 0 Å². The second kappa shape index (κ2) is 11.5. The van der Waals surface area contributed by atoms with Crippen molar-refractivity contribution >= 4 is 11.8 Å². The van der Waals surface area contributed by atoms with Gasteiger partial charge < -0.3 is 15.3 Å². The largest absolute Gasteiger partial charge is 0.481 e. The fourth-order valence-corrected chi connectivity index (χ4v) is 4.64. The van der Waals surface area contributed by atoms with Crippen LogP contribution in [-0.4, -0.2) is 39.3 Å². The number of Topliss-reactive ketones (excluding diaryl/α,β-unsaturated/α-hetero) is 1. The van der Waals surface area contributed by atoms with Crippen molar-refractivity contribution in [2.75, 3.05) is 0 Å². The lowest BCUT2D eigenvalue weighted by Crippen LogP contribution is -2.41. The average molecular weight is 405 g/mol. The molecule has 0 aromatic carbocycles. The zero-order valence-electron chi connectivity index (χ0n) is 17.3. The molecule has 4 atom stereocenters. The molecule has 0 amide bonds. The van der Waals surface area contributed by atoms with Gasteiger partial charge in [-0.05, 0) is 56.8 Å².